The fraction of sp³-hybridized carbons (Fsp3) is 0.121. The Labute approximate surface area is 213 Å². The van der Waals surface area contributed by atoms with Gasteiger partial charge in [0.05, 0.1) is 0 Å². The van der Waals surface area contributed by atoms with E-state index < -0.39 is 22.8 Å². The minimum absolute atomic E-state index is 0.507. The van der Waals surface area contributed by atoms with E-state index >= 15 is 0 Å². The number of benzene rings is 4. The van der Waals surface area contributed by atoms with Gasteiger partial charge in [0.2, 0.25) is 0 Å². The summed E-state index contributed by atoms with van der Waals surface area (Å²) in [5.41, 5.74) is 13.2. The Hall–Kier alpha value is -2.89. The van der Waals surface area contributed by atoms with Gasteiger partial charge in [0.25, 0.3) is 0 Å². The first-order valence-corrected chi connectivity index (χ1v) is 14.8. The second-order valence-electron chi connectivity index (χ2n) is 9.04. The van der Waals surface area contributed by atoms with E-state index in [-0.39, 0.29) is 0 Å². The average molecular weight is 515 g/mol. The zero-order valence-electron chi connectivity index (χ0n) is 19.5. The second kappa shape index (κ2) is 9.40. The Bertz CT molecular complexity index is 1400. The van der Waals surface area contributed by atoms with Crippen LogP contribution in [-0.2, 0) is 22.8 Å². The summed E-state index contributed by atoms with van der Waals surface area (Å²) in [6.07, 6.45) is 7.03. The van der Waals surface area contributed by atoms with Crippen molar-refractivity contribution in [1.29, 1.82) is 0 Å². The van der Waals surface area contributed by atoms with Crippen LogP contribution in [0.2, 0.25) is 0 Å². The molecule has 2 aliphatic carbocycles. The molecule has 4 aromatic rings. The fourth-order valence-electron chi connectivity index (χ4n) is 5.39. The molecule has 2 aliphatic rings. The molecule has 1 heteroatoms. The van der Waals surface area contributed by atoms with E-state index in [4.69, 9.17) is 0 Å². The molecule has 0 radical (unpaired) electrons. The van der Waals surface area contributed by atoms with E-state index in [0.717, 1.165) is 12.8 Å². The zero-order valence-corrected chi connectivity index (χ0v) is 21.9. The molecule has 6 rings (SSSR count). The topological polar surface area (TPSA) is 0 Å². The van der Waals surface area contributed by atoms with Crippen molar-refractivity contribution < 1.29 is 22.8 Å². The van der Waals surface area contributed by atoms with Crippen LogP contribution >= 0.6 is 0 Å². The first kappa shape index (κ1) is 21.6. The molecule has 0 bridgehead atoms. The van der Waals surface area contributed by atoms with Crippen molar-refractivity contribution in [2.75, 3.05) is 0 Å². The third kappa shape index (κ3) is 3.87. The molecule has 0 heterocycles. The summed E-state index contributed by atoms with van der Waals surface area (Å²) in [5.74, 6) is 0. The maximum absolute atomic E-state index is 2.44. The van der Waals surface area contributed by atoms with Crippen LogP contribution in [0.1, 0.15) is 51.2 Å². The summed E-state index contributed by atoms with van der Waals surface area (Å²) >= 11 is -1.08. The standard InChI is InChI=1S/C20H17.C13H10.Zr/c1-2-14-10-11-16(12-14)18-8-5-9-19-17-7-4-3-6-15(17)13-20(18)19;1-3-7-12(8-4-1)11-13-9-5-2-6-10-13;/h3-10,12-13H,2,11H2,1H3;1-10H;. The van der Waals surface area contributed by atoms with Gasteiger partial charge in [-0.1, -0.05) is 0 Å². The van der Waals surface area contributed by atoms with Crippen LogP contribution in [0.25, 0.3) is 16.7 Å². The Morgan fingerprint density at radius 3 is 2.00 bits per heavy atom. The van der Waals surface area contributed by atoms with Crippen LogP contribution in [0.5, 0.6) is 0 Å². The van der Waals surface area contributed by atoms with Crippen molar-refractivity contribution in [2.45, 2.75) is 23.4 Å². The molecular weight excluding hydrogens is 488 g/mol. The number of hydrogen-bond acceptors (Lipinski definition) is 0. The molecule has 1 unspecified atom stereocenters. The average Bonchev–Trinajstić information content (AvgIpc) is 3.51. The van der Waals surface area contributed by atoms with E-state index in [0.29, 0.717) is 3.63 Å². The van der Waals surface area contributed by atoms with Gasteiger partial charge in [-0.05, 0) is 0 Å². The van der Waals surface area contributed by atoms with Gasteiger partial charge in [0.1, 0.15) is 0 Å². The van der Waals surface area contributed by atoms with Crippen LogP contribution in [-0.4, -0.2) is 3.21 Å². The molecule has 0 aliphatic heterocycles. The first-order valence-electron chi connectivity index (χ1n) is 12.2. The monoisotopic (exact) mass is 513 g/mol. The van der Waals surface area contributed by atoms with Gasteiger partial charge in [-0.15, -0.1) is 0 Å². The SMILES string of the molecule is CCC1=CCC(c2cccc3c2[CH]([Zr]=[C](c2ccccc2)c2ccccc2)c2ccccc2-3)=C1. The van der Waals surface area contributed by atoms with Gasteiger partial charge in [-0.2, -0.15) is 0 Å². The summed E-state index contributed by atoms with van der Waals surface area (Å²) in [4.78, 5) is 0. The molecule has 0 amide bonds. The molecule has 0 saturated heterocycles. The third-order valence-electron chi connectivity index (χ3n) is 7.07. The van der Waals surface area contributed by atoms with Gasteiger partial charge in [-0.3, -0.25) is 0 Å². The van der Waals surface area contributed by atoms with Crippen molar-refractivity contribution in [1.82, 2.24) is 0 Å². The predicted molar refractivity (Wildman–Crippen MR) is 141 cm³/mol. The van der Waals surface area contributed by atoms with Crippen molar-refractivity contribution in [3.63, 3.8) is 0 Å². The van der Waals surface area contributed by atoms with Gasteiger partial charge in [0.15, 0.2) is 0 Å². The molecule has 1 atom stereocenters. The number of rotatable bonds is 5. The molecular formula is C33H27Zr. The first-order chi connectivity index (χ1) is 16.8. The van der Waals surface area contributed by atoms with Crippen LogP contribution < -0.4 is 0 Å². The van der Waals surface area contributed by atoms with Gasteiger partial charge in [0, 0.05) is 0 Å². The van der Waals surface area contributed by atoms with Crippen LogP contribution in [0.3, 0.4) is 0 Å². The normalized spacial score (nSPS) is 15.7. The third-order valence-corrected chi connectivity index (χ3v) is 11.4. The van der Waals surface area contributed by atoms with Gasteiger partial charge in [-0.25, -0.2) is 0 Å². The summed E-state index contributed by atoms with van der Waals surface area (Å²) in [5, 5.41) is 0. The Morgan fingerprint density at radius 2 is 1.32 bits per heavy atom. The van der Waals surface area contributed by atoms with Crippen LogP contribution in [0, 0.1) is 0 Å². The Balaban J connectivity index is 1.58. The molecule has 0 aromatic heterocycles. The van der Waals surface area contributed by atoms with Gasteiger partial charge >= 0.3 is 215 Å². The van der Waals surface area contributed by atoms with E-state index in [1.807, 2.05) is 0 Å². The van der Waals surface area contributed by atoms with E-state index in [9.17, 15) is 0 Å². The molecule has 34 heavy (non-hydrogen) atoms. The van der Waals surface area contributed by atoms with Crippen molar-refractivity contribution in [3.05, 3.63) is 149 Å². The minimum atomic E-state index is -1.08. The Morgan fingerprint density at radius 1 is 0.706 bits per heavy atom. The zero-order chi connectivity index (χ0) is 22.9. The van der Waals surface area contributed by atoms with Crippen LogP contribution in [0.15, 0.2) is 121 Å². The predicted octanol–water partition coefficient (Wildman–Crippen LogP) is 8.23. The van der Waals surface area contributed by atoms with Gasteiger partial charge < -0.3 is 0 Å². The van der Waals surface area contributed by atoms with Crippen molar-refractivity contribution in [3.8, 4) is 11.1 Å². The molecule has 0 spiro atoms. The summed E-state index contributed by atoms with van der Waals surface area (Å²) in [6.45, 7) is 2.26. The van der Waals surface area contributed by atoms with E-state index in [1.165, 1.54) is 44.5 Å². The molecule has 0 fully saturated rings. The summed E-state index contributed by atoms with van der Waals surface area (Å²) in [6, 6.07) is 38.3. The summed E-state index contributed by atoms with van der Waals surface area (Å²) in [7, 11) is 0. The van der Waals surface area contributed by atoms with Crippen molar-refractivity contribution >= 4 is 8.78 Å². The second-order valence-corrected chi connectivity index (χ2v) is 12.4. The molecule has 163 valence electrons. The van der Waals surface area contributed by atoms with E-state index in [2.05, 4.69) is 122 Å². The van der Waals surface area contributed by atoms with E-state index in [1.54, 1.807) is 8.77 Å². The molecule has 0 nitrogen and oxygen atoms in total. The Kier molecular flexibility index (Phi) is 5.98. The number of fused-ring (bicyclic) bond motifs is 3. The quantitative estimate of drug-likeness (QED) is 0.252. The fourth-order valence-corrected chi connectivity index (χ4v) is 9.86. The van der Waals surface area contributed by atoms with Crippen LogP contribution in [0.4, 0.5) is 0 Å². The molecule has 4 aromatic carbocycles. The molecule has 0 N–H and O–H groups in total. The maximum atomic E-state index is 2.44. The number of allylic oxidation sites excluding steroid dienone is 4. The summed E-state index contributed by atoms with van der Waals surface area (Å²) < 4.78 is 2.09. The number of hydrogen-bond donors (Lipinski definition) is 0. The van der Waals surface area contributed by atoms with Crippen molar-refractivity contribution in [2.24, 2.45) is 0 Å². The molecule has 0 saturated carbocycles.